The highest BCUT2D eigenvalue weighted by molar-refractivity contribution is 7.92. The van der Waals surface area contributed by atoms with E-state index in [4.69, 9.17) is 4.74 Å². The number of amides is 1. The summed E-state index contributed by atoms with van der Waals surface area (Å²) in [6.07, 6.45) is 2.66. The minimum absolute atomic E-state index is 0.163. The lowest BCUT2D eigenvalue weighted by Crippen LogP contribution is -2.30. The van der Waals surface area contributed by atoms with Crippen molar-refractivity contribution in [2.24, 2.45) is 0 Å². The van der Waals surface area contributed by atoms with Crippen LogP contribution in [0.3, 0.4) is 0 Å². The molecule has 0 aliphatic heterocycles. The van der Waals surface area contributed by atoms with Crippen LogP contribution in [0, 0.1) is 6.92 Å². The zero-order valence-corrected chi connectivity index (χ0v) is 19.9. The Morgan fingerprint density at radius 1 is 1.16 bits per heavy atom. The molecule has 2 rings (SSSR count). The number of methoxy groups -OCH3 is 1. The Morgan fingerprint density at radius 2 is 1.77 bits per heavy atom. The third kappa shape index (κ3) is 5.88. The van der Waals surface area contributed by atoms with Gasteiger partial charge in [-0.3, -0.25) is 9.10 Å². The van der Waals surface area contributed by atoms with Gasteiger partial charge in [0, 0.05) is 5.56 Å². The number of aryl methyl sites for hydroxylation is 1. The van der Waals surface area contributed by atoms with E-state index < -0.39 is 10.0 Å². The van der Waals surface area contributed by atoms with Crippen LogP contribution in [0.15, 0.2) is 49.1 Å². The SMILES string of the molecule is C=CCN(c1ccc(C(=O)N[C@H](C)c2cc(C(C)C)c(OC)cc2C)cc1)S(C)(=O)=O. The third-order valence-corrected chi connectivity index (χ3v) is 6.33. The van der Waals surface area contributed by atoms with Crippen molar-refractivity contribution in [2.75, 3.05) is 24.2 Å². The van der Waals surface area contributed by atoms with Gasteiger partial charge in [-0.05, 0) is 72.9 Å². The molecule has 2 aromatic carbocycles. The van der Waals surface area contributed by atoms with Gasteiger partial charge in [0.05, 0.1) is 31.6 Å². The minimum Gasteiger partial charge on any atom is -0.496 e. The van der Waals surface area contributed by atoms with Crippen molar-refractivity contribution in [2.45, 2.75) is 39.7 Å². The number of benzene rings is 2. The van der Waals surface area contributed by atoms with Crippen LogP contribution in [-0.4, -0.2) is 34.2 Å². The second kappa shape index (κ2) is 10.0. The van der Waals surface area contributed by atoms with Crippen molar-refractivity contribution >= 4 is 21.6 Å². The van der Waals surface area contributed by atoms with E-state index in [1.54, 1.807) is 31.4 Å². The summed E-state index contributed by atoms with van der Waals surface area (Å²) >= 11 is 0. The van der Waals surface area contributed by atoms with Crippen molar-refractivity contribution < 1.29 is 17.9 Å². The topological polar surface area (TPSA) is 75.7 Å². The number of sulfonamides is 1. The molecule has 6 nitrogen and oxygen atoms in total. The van der Waals surface area contributed by atoms with Gasteiger partial charge in [-0.15, -0.1) is 6.58 Å². The fourth-order valence-electron chi connectivity index (χ4n) is 3.50. The van der Waals surface area contributed by atoms with Crippen LogP contribution in [0.4, 0.5) is 5.69 Å². The molecule has 7 heteroatoms. The van der Waals surface area contributed by atoms with E-state index in [2.05, 4.69) is 31.8 Å². The molecule has 0 spiro atoms. The number of carbonyl (C=O) groups is 1. The summed E-state index contributed by atoms with van der Waals surface area (Å²) in [6.45, 7) is 11.9. The van der Waals surface area contributed by atoms with Crippen LogP contribution in [0.25, 0.3) is 0 Å². The van der Waals surface area contributed by atoms with Gasteiger partial charge < -0.3 is 10.1 Å². The molecule has 2 aromatic rings. The molecule has 168 valence electrons. The van der Waals surface area contributed by atoms with E-state index in [9.17, 15) is 13.2 Å². The molecule has 31 heavy (non-hydrogen) atoms. The van der Waals surface area contributed by atoms with Gasteiger partial charge in [0.25, 0.3) is 5.91 Å². The van der Waals surface area contributed by atoms with Gasteiger partial charge >= 0.3 is 0 Å². The zero-order valence-electron chi connectivity index (χ0n) is 19.1. The fourth-order valence-corrected chi connectivity index (χ4v) is 4.38. The first-order valence-corrected chi connectivity index (χ1v) is 12.0. The maximum atomic E-state index is 12.8. The van der Waals surface area contributed by atoms with Crippen LogP contribution < -0.4 is 14.4 Å². The highest BCUT2D eigenvalue weighted by atomic mass is 32.2. The number of rotatable bonds is 9. The number of hydrogen-bond acceptors (Lipinski definition) is 4. The number of ether oxygens (including phenoxy) is 1. The highest BCUT2D eigenvalue weighted by Gasteiger charge is 2.19. The lowest BCUT2D eigenvalue weighted by atomic mass is 9.93. The second-order valence-electron chi connectivity index (χ2n) is 7.93. The first-order valence-electron chi connectivity index (χ1n) is 10.2. The van der Waals surface area contributed by atoms with Crippen LogP contribution in [-0.2, 0) is 10.0 Å². The van der Waals surface area contributed by atoms with Gasteiger partial charge in [0.1, 0.15) is 5.75 Å². The maximum Gasteiger partial charge on any atom is 0.251 e. The summed E-state index contributed by atoms with van der Waals surface area (Å²) < 4.78 is 30.7. The van der Waals surface area contributed by atoms with E-state index >= 15 is 0 Å². The standard InChI is InChI=1S/C24H32N2O4S/c1-8-13-26(31(7,28)29)20-11-9-19(10-12-20)24(27)25-18(5)22-15-21(16(2)3)23(30-6)14-17(22)4/h8-12,14-16,18H,1,13H2,2-7H3,(H,25,27)/t18-/m1/s1. The van der Waals surface area contributed by atoms with E-state index in [0.29, 0.717) is 11.3 Å². The van der Waals surface area contributed by atoms with Gasteiger partial charge in [-0.1, -0.05) is 19.9 Å². The van der Waals surface area contributed by atoms with Crippen molar-refractivity contribution in [3.05, 3.63) is 71.3 Å². The Kier molecular flexibility index (Phi) is 7.90. The van der Waals surface area contributed by atoms with Crippen LogP contribution in [0.5, 0.6) is 5.75 Å². The number of nitrogens with zero attached hydrogens (tertiary/aromatic N) is 1. The molecule has 0 radical (unpaired) electrons. The Hall–Kier alpha value is -2.80. The summed E-state index contributed by atoms with van der Waals surface area (Å²) in [6, 6.07) is 10.4. The first-order chi connectivity index (χ1) is 14.5. The van der Waals surface area contributed by atoms with Crippen LogP contribution in [0.1, 0.15) is 59.8 Å². The van der Waals surface area contributed by atoms with Gasteiger partial charge in [-0.2, -0.15) is 0 Å². The molecule has 0 aromatic heterocycles. The van der Waals surface area contributed by atoms with E-state index in [0.717, 1.165) is 28.7 Å². The van der Waals surface area contributed by atoms with Gasteiger partial charge in [-0.25, -0.2) is 8.42 Å². The number of nitrogens with one attached hydrogen (secondary N) is 1. The first kappa shape index (κ1) is 24.5. The fraction of sp³-hybridized carbons (Fsp3) is 0.375. The predicted octanol–water partition coefficient (Wildman–Crippen LogP) is 4.57. The summed E-state index contributed by atoms with van der Waals surface area (Å²) in [5.74, 6) is 0.911. The Bertz CT molecular complexity index is 1040. The normalized spacial score (nSPS) is 12.4. The molecule has 0 saturated heterocycles. The molecule has 1 atom stereocenters. The smallest absolute Gasteiger partial charge is 0.251 e. The monoisotopic (exact) mass is 444 g/mol. The molecule has 0 fully saturated rings. The Labute approximate surface area is 186 Å². The summed E-state index contributed by atoms with van der Waals surface area (Å²) in [5.41, 5.74) is 4.11. The maximum absolute atomic E-state index is 12.8. The number of carbonyl (C=O) groups excluding carboxylic acids is 1. The zero-order chi connectivity index (χ0) is 23.3. The highest BCUT2D eigenvalue weighted by Crippen LogP contribution is 2.32. The molecule has 0 heterocycles. The molecule has 1 amide bonds. The molecular formula is C24H32N2O4S. The predicted molar refractivity (Wildman–Crippen MR) is 127 cm³/mol. The largest absolute Gasteiger partial charge is 0.496 e. The van der Waals surface area contributed by atoms with Crippen molar-refractivity contribution in [3.8, 4) is 5.75 Å². The molecule has 1 N–H and O–H groups in total. The lowest BCUT2D eigenvalue weighted by molar-refractivity contribution is 0.0940. The van der Waals surface area contributed by atoms with Gasteiger partial charge in [0.15, 0.2) is 0 Å². The number of hydrogen-bond donors (Lipinski definition) is 1. The second-order valence-corrected chi connectivity index (χ2v) is 9.84. The quantitative estimate of drug-likeness (QED) is 0.575. The van der Waals surface area contributed by atoms with Crippen LogP contribution in [0.2, 0.25) is 0 Å². The van der Waals surface area contributed by atoms with Crippen molar-refractivity contribution in [3.63, 3.8) is 0 Å². The molecular weight excluding hydrogens is 412 g/mol. The van der Waals surface area contributed by atoms with Crippen molar-refractivity contribution in [1.82, 2.24) is 5.32 Å². The van der Waals surface area contributed by atoms with E-state index in [-0.39, 0.29) is 24.4 Å². The molecule has 0 aliphatic carbocycles. The average Bonchev–Trinajstić information content (AvgIpc) is 2.70. The van der Waals surface area contributed by atoms with Crippen molar-refractivity contribution in [1.29, 1.82) is 0 Å². The van der Waals surface area contributed by atoms with E-state index in [1.165, 1.54) is 10.4 Å². The molecule has 0 bridgehead atoms. The van der Waals surface area contributed by atoms with Gasteiger partial charge in [0.2, 0.25) is 10.0 Å². The van der Waals surface area contributed by atoms with Crippen LogP contribution >= 0.6 is 0 Å². The lowest BCUT2D eigenvalue weighted by Gasteiger charge is -2.22. The summed E-state index contributed by atoms with van der Waals surface area (Å²) in [4.78, 5) is 12.8. The molecule has 0 unspecified atom stereocenters. The Balaban J connectivity index is 2.24. The summed E-state index contributed by atoms with van der Waals surface area (Å²) in [5, 5.41) is 3.03. The molecule has 0 aliphatic rings. The minimum atomic E-state index is -3.44. The van der Waals surface area contributed by atoms with E-state index in [1.807, 2.05) is 19.9 Å². The molecule has 0 saturated carbocycles. The average molecular weight is 445 g/mol. The third-order valence-electron chi connectivity index (χ3n) is 5.17. The summed E-state index contributed by atoms with van der Waals surface area (Å²) in [7, 11) is -1.78. The number of anilines is 1. The Morgan fingerprint density at radius 3 is 2.26 bits per heavy atom.